The summed E-state index contributed by atoms with van der Waals surface area (Å²) in [5.74, 6) is 0. The first-order chi connectivity index (χ1) is 10.6. The number of thiazole rings is 1. The minimum absolute atomic E-state index is 0.221. The van der Waals surface area contributed by atoms with Crippen molar-refractivity contribution in [2.75, 3.05) is 6.61 Å². The van der Waals surface area contributed by atoms with Crippen LogP contribution in [0.2, 0.25) is 0 Å². The molecular weight excluding hydrogens is 298 g/mol. The van der Waals surface area contributed by atoms with Crippen LogP contribution in [0.25, 0.3) is 0 Å². The van der Waals surface area contributed by atoms with Crippen LogP contribution in [0.1, 0.15) is 25.1 Å². The van der Waals surface area contributed by atoms with Gasteiger partial charge in [0.15, 0.2) is 0 Å². The Bertz CT molecular complexity index is 570. The number of aromatic nitrogens is 1. The van der Waals surface area contributed by atoms with Crippen molar-refractivity contribution < 1.29 is 9.53 Å². The van der Waals surface area contributed by atoms with Gasteiger partial charge in [0.25, 0.3) is 0 Å². The van der Waals surface area contributed by atoms with Gasteiger partial charge in [0.2, 0.25) is 0 Å². The van der Waals surface area contributed by atoms with Gasteiger partial charge in [-0.2, -0.15) is 0 Å². The molecule has 0 spiro atoms. The molecule has 2 aromatic rings. The minimum atomic E-state index is -0.444. The molecule has 2 rings (SSSR count). The van der Waals surface area contributed by atoms with Crippen LogP contribution in [-0.2, 0) is 17.9 Å². The van der Waals surface area contributed by atoms with E-state index < -0.39 is 5.54 Å². The summed E-state index contributed by atoms with van der Waals surface area (Å²) in [6.45, 7) is 5.26. The molecule has 0 bridgehead atoms. The van der Waals surface area contributed by atoms with E-state index in [1.807, 2.05) is 49.6 Å². The van der Waals surface area contributed by atoms with E-state index in [9.17, 15) is 4.79 Å². The number of ether oxygens (including phenoxy) is 1. The van der Waals surface area contributed by atoms with Gasteiger partial charge in [-0.1, -0.05) is 30.3 Å². The second kappa shape index (κ2) is 7.91. The van der Waals surface area contributed by atoms with Crippen molar-refractivity contribution >= 4 is 17.4 Å². The van der Waals surface area contributed by atoms with Gasteiger partial charge >= 0.3 is 6.03 Å². The average Bonchev–Trinajstić information content (AvgIpc) is 2.99. The molecular formula is C16H21N3O2S. The van der Waals surface area contributed by atoms with Crippen LogP contribution >= 0.6 is 11.3 Å². The zero-order valence-electron chi connectivity index (χ0n) is 12.8. The van der Waals surface area contributed by atoms with Gasteiger partial charge in [-0.05, 0) is 19.4 Å². The Kier molecular flexibility index (Phi) is 5.91. The number of urea groups is 1. The molecule has 0 radical (unpaired) electrons. The topological polar surface area (TPSA) is 63.2 Å². The molecule has 0 fully saturated rings. The van der Waals surface area contributed by atoms with E-state index >= 15 is 0 Å². The van der Waals surface area contributed by atoms with Gasteiger partial charge in [0, 0.05) is 5.38 Å². The smallest absolute Gasteiger partial charge is 0.315 e. The summed E-state index contributed by atoms with van der Waals surface area (Å²) in [5.41, 5.74) is 3.28. The summed E-state index contributed by atoms with van der Waals surface area (Å²) in [6.07, 6.45) is 0. The molecule has 1 aromatic heterocycles. The summed E-state index contributed by atoms with van der Waals surface area (Å²) >= 11 is 1.51. The molecule has 0 aliphatic heterocycles. The Morgan fingerprint density at radius 2 is 2.09 bits per heavy atom. The van der Waals surface area contributed by atoms with Crippen molar-refractivity contribution in [1.29, 1.82) is 0 Å². The first-order valence-corrected chi connectivity index (χ1v) is 8.04. The standard InChI is InChI=1S/C16H21N3O2S/c1-16(2,11-21-9-13-6-4-3-5-7-13)19-15(20)17-8-14-10-22-12-18-14/h3-7,10,12H,8-9,11H2,1-2H3,(H2,17,19,20). The fourth-order valence-corrected chi connectivity index (χ4v) is 2.44. The maximum atomic E-state index is 11.9. The summed E-state index contributed by atoms with van der Waals surface area (Å²) in [6, 6.07) is 9.74. The van der Waals surface area contributed by atoms with Crippen LogP contribution < -0.4 is 10.6 Å². The lowest BCUT2D eigenvalue weighted by Crippen LogP contribution is -2.50. The maximum absolute atomic E-state index is 11.9. The van der Waals surface area contributed by atoms with Crippen LogP contribution in [0, 0.1) is 0 Å². The molecule has 1 heterocycles. The molecule has 2 amide bonds. The molecule has 6 heteroatoms. The zero-order chi connectivity index (χ0) is 15.8. The van der Waals surface area contributed by atoms with Crippen LogP contribution in [0.5, 0.6) is 0 Å². The number of carbonyl (C=O) groups excluding carboxylic acids is 1. The van der Waals surface area contributed by atoms with Crippen molar-refractivity contribution in [3.05, 3.63) is 52.5 Å². The van der Waals surface area contributed by atoms with Crippen LogP contribution in [0.4, 0.5) is 4.79 Å². The fraction of sp³-hybridized carbons (Fsp3) is 0.375. The highest BCUT2D eigenvalue weighted by Gasteiger charge is 2.20. The van der Waals surface area contributed by atoms with Crippen molar-refractivity contribution in [1.82, 2.24) is 15.6 Å². The monoisotopic (exact) mass is 319 g/mol. The summed E-state index contributed by atoms with van der Waals surface area (Å²) in [7, 11) is 0. The average molecular weight is 319 g/mol. The maximum Gasteiger partial charge on any atom is 0.315 e. The number of nitrogens with one attached hydrogen (secondary N) is 2. The van der Waals surface area contributed by atoms with E-state index in [0.717, 1.165) is 11.3 Å². The molecule has 2 N–H and O–H groups in total. The number of nitrogens with zero attached hydrogens (tertiary/aromatic N) is 1. The lowest BCUT2D eigenvalue weighted by molar-refractivity contribution is 0.0743. The summed E-state index contributed by atoms with van der Waals surface area (Å²) in [5, 5.41) is 7.60. The van der Waals surface area contributed by atoms with Gasteiger partial charge in [-0.15, -0.1) is 11.3 Å². The number of hydrogen-bond donors (Lipinski definition) is 2. The molecule has 118 valence electrons. The normalized spacial score (nSPS) is 11.2. The highest BCUT2D eigenvalue weighted by atomic mass is 32.1. The highest BCUT2D eigenvalue weighted by Crippen LogP contribution is 2.07. The van der Waals surface area contributed by atoms with E-state index in [1.165, 1.54) is 11.3 Å². The van der Waals surface area contributed by atoms with Crippen LogP contribution in [0.3, 0.4) is 0 Å². The molecule has 5 nitrogen and oxygen atoms in total. The van der Waals surface area contributed by atoms with E-state index in [2.05, 4.69) is 15.6 Å². The van der Waals surface area contributed by atoms with E-state index in [1.54, 1.807) is 5.51 Å². The number of carbonyl (C=O) groups is 1. The second-order valence-corrected chi connectivity index (χ2v) is 6.37. The summed E-state index contributed by atoms with van der Waals surface area (Å²) in [4.78, 5) is 16.0. The van der Waals surface area contributed by atoms with Gasteiger partial charge in [-0.3, -0.25) is 0 Å². The molecule has 0 saturated heterocycles. The third kappa shape index (κ3) is 5.83. The van der Waals surface area contributed by atoms with Crippen molar-refractivity contribution in [2.24, 2.45) is 0 Å². The number of rotatable bonds is 7. The van der Waals surface area contributed by atoms with Gasteiger partial charge in [0.1, 0.15) is 0 Å². The summed E-state index contributed by atoms with van der Waals surface area (Å²) < 4.78 is 5.68. The van der Waals surface area contributed by atoms with Crippen molar-refractivity contribution in [3.8, 4) is 0 Å². The molecule has 0 atom stereocenters. The van der Waals surface area contributed by atoms with Gasteiger partial charge in [-0.25, -0.2) is 9.78 Å². The zero-order valence-corrected chi connectivity index (χ0v) is 13.7. The van der Waals surface area contributed by atoms with Crippen LogP contribution in [0.15, 0.2) is 41.2 Å². The molecule has 22 heavy (non-hydrogen) atoms. The highest BCUT2D eigenvalue weighted by molar-refractivity contribution is 7.07. The molecule has 0 aliphatic carbocycles. The molecule has 0 unspecified atom stereocenters. The predicted octanol–water partition coefficient (Wildman–Crippen LogP) is 2.94. The number of benzene rings is 1. The van der Waals surface area contributed by atoms with E-state index in [4.69, 9.17) is 4.74 Å². The lowest BCUT2D eigenvalue weighted by atomic mass is 10.1. The van der Waals surface area contributed by atoms with Crippen LogP contribution in [-0.4, -0.2) is 23.2 Å². The fourth-order valence-electron chi connectivity index (χ4n) is 1.88. The SMILES string of the molecule is CC(C)(COCc1ccccc1)NC(=O)NCc1cscn1. The molecule has 1 aromatic carbocycles. The minimum Gasteiger partial charge on any atom is -0.374 e. The van der Waals surface area contributed by atoms with Gasteiger partial charge in [0.05, 0.1) is 36.5 Å². The van der Waals surface area contributed by atoms with E-state index in [-0.39, 0.29) is 6.03 Å². The third-order valence-corrected chi connectivity index (χ3v) is 3.58. The molecule has 0 saturated carbocycles. The first kappa shape index (κ1) is 16.5. The Morgan fingerprint density at radius 3 is 2.77 bits per heavy atom. The van der Waals surface area contributed by atoms with Gasteiger partial charge < -0.3 is 15.4 Å². The third-order valence-electron chi connectivity index (χ3n) is 2.94. The number of hydrogen-bond acceptors (Lipinski definition) is 4. The Hall–Kier alpha value is -1.92. The Labute approximate surface area is 134 Å². The second-order valence-electron chi connectivity index (χ2n) is 5.65. The molecule has 0 aliphatic rings. The quantitative estimate of drug-likeness (QED) is 0.825. The lowest BCUT2D eigenvalue weighted by Gasteiger charge is -2.26. The first-order valence-electron chi connectivity index (χ1n) is 7.10. The van der Waals surface area contributed by atoms with E-state index in [0.29, 0.717) is 19.8 Å². The number of amides is 2. The largest absolute Gasteiger partial charge is 0.374 e. The Morgan fingerprint density at radius 1 is 1.32 bits per heavy atom. The van der Waals surface area contributed by atoms with Crippen molar-refractivity contribution in [2.45, 2.75) is 32.5 Å². The predicted molar refractivity (Wildman–Crippen MR) is 87.7 cm³/mol. The van der Waals surface area contributed by atoms with Crippen molar-refractivity contribution in [3.63, 3.8) is 0 Å². The Balaban J connectivity index is 1.69.